The Hall–Kier alpha value is -2.44. The van der Waals surface area contributed by atoms with Crippen molar-refractivity contribution in [3.63, 3.8) is 0 Å². The zero-order chi connectivity index (χ0) is 18.7. The summed E-state index contributed by atoms with van der Waals surface area (Å²) in [4.78, 5) is 8.43. The number of fused-ring (bicyclic) bond motifs is 1. The molecule has 26 heavy (non-hydrogen) atoms. The Labute approximate surface area is 150 Å². The Morgan fingerprint density at radius 1 is 1.31 bits per heavy atom. The minimum Gasteiger partial charge on any atom is -0.388 e. The lowest BCUT2D eigenvalue weighted by Crippen LogP contribution is -2.38. The molecule has 1 saturated carbocycles. The number of alkyl halides is 3. The first-order valence-electron chi connectivity index (χ1n) is 8.71. The van der Waals surface area contributed by atoms with Gasteiger partial charge in [0.2, 0.25) is 0 Å². The highest BCUT2D eigenvalue weighted by Gasteiger charge is 2.30. The number of nitrogens with zero attached hydrogens (tertiary/aromatic N) is 2. The first-order valence-corrected chi connectivity index (χ1v) is 8.71. The van der Waals surface area contributed by atoms with Gasteiger partial charge in [-0.25, -0.2) is 4.98 Å². The molecule has 1 aliphatic carbocycles. The van der Waals surface area contributed by atoms with Crippen molar-refractivity contribution in [2.75, 3.05) is 0 Å². The molecule has 7 heteroatoms. The molecule has 0 amide bonds. The minimum atomic E-state index is -4.42. The molecule has 1 aromatic heterocycles. The van der Waals surface area contributed by atoms with E-state index >= 15 is 0 Å². The van der Waals surface area contributed by atoms with Crippen LogP contribution in [0.4, 0.5) is 13.2 Å². The number of allylic oxidation sites excluding steroid dienone is 1. The largest absolute Gasteiger partial charge is 0.416 e. The Kier molecular flexibility index (Phi) is 5.25. The van der Waals surface area contributed by atoms with Gasteiger partial charge in [0.1, 0.15) is 0 Å². The summed E-state index contributed by atoms with van der Waals surface area (Å²) in [5.74, 6) is 0.760. The van der Waals surface area contributed by atoms with Crippen molar-refractivity contribution in [3.8, 4) is 0 Å². The monoisotopic (exact) mass is 362 g/mol. The van der Waals surface area contributed by atoms with Crippen LogP contribution in [0.15, 0.2) is 30.6 Å². The molecule has 0 unspecified atom stereocenters. The van der Waals surface area contributed by atoms with E-state index in [1.165, 1.54) is 25.1 Å². The molecule has 2 N–H and O–H groups in total. The number of hydrogen-bond donors (Lipinski definition) is 2. The molecule has 1 aromatic carbocycles. The summed E-state index contributed by atoms with van der Waals surface area (Å²) in [6.45, 7) is 2.18. The number of nitrogens with one attached hydrogen (secondary N) is 2. The summed E-state index contributed by atoms with van der Waals surface area (Å²) in [6, 6.07) is 3.67. The Morgan fingerprint density at radius 2 is 2.08 bits per heavy atom. The summed E-state index contributed by atoms with van der Waals surface area (Å²) < 4.78 is 38.6. The van der Waals surface area contributed by atoms with Crippen molar-refractivity contribution in [1.29, 1.82) is 5.41 Å². The molecular weight excluding hydrogens is 341 g/mol. The van der Waals surface area contributed by atoms with Gasteiger partial charge in [0.25, 0.3) is 0 Å². The average molecular weight is 362 g/mol. The van der Waals surface area contributed by atoms with Gasteiger partial charge >= 0.3 is 6.18 Å². The van der Waals surface area contributed by atoms with Crippen LogP contribution in [0.2, 0.25) is 0 Å². The highest BCUT2D eigenvalue weighted by molar-refractivity contribution is 6.07. The molecule has 4 nitrogen and oxygen atoms in total. The normalized spacial score (nSPS) is 20.7. The van der Waals surface area contributed by atoms with Crippen molar-refractivity contribution >= 4 is 22.8 Å². The number of aromatic nitrogens is 2. The van der Waals surface area contributed by atoms with E-state index in [1.807, 2.05) is 0 Å². The van der Waals surface area contributed by atoms with E-state index in [4.69, 9.17) is 5.41 Å². The molecule has 3 rings (SSSR count). The zero-order valence-electron chi connectivity index (χ0n) is 14.5. The lowest BCUT2D eigenvalue weighted by Gasteiger charge is -2.35. The number of hydrogen-bond acceptors (Lipinski definition) is 4. The molecular formula is C19H21F3N4. The van der Waals surface area contributed by atoms with Gasteiger partial charge in [0.05, 0.1) is 28.5 Å². The van der Waals surface area contributed by atoms with Crippen LogP contribution in [0.3, 0.4) is 0 Å². The number of halogens is 3. The molecule has 0 bridgehead atoms. The molecule has 0 aliphatic heterocycles. The van der Waals surface area contributed by atoms with Gasteiger partial charge in [-0.2, -0.15) is 13.2 Å². The predicted octanol–water partition coefficient (Wildman–Crippen LogP) is 4.81. The second-order valence-electron chi connectivity index (χ2n) is 6.69. The third kappa shape index (κ3) is 4.03. The molecule has 1 heterocycles. The highest BCUT2D eigenvalue weighted by Crippen LogP contribution is 2.32. The third-order valence-electron chi connectivity index (χ3n) is 4.73. The van der Waals surface area contributed by atoms with Gasteiger partial charge in [-0.05, 0) is 37.0 Å². The van der Waals surface area contributed by atoms with Crippen LogP contribution in [-0.2, 0) is 6.18 Å². The minimum absolute atomic E-state index is 0.164. The predicted molar refractivity (Wildman–Crippen MR) is 95.9 cm³/mol. The van der Waals surface area contributed by atoms with E-state index in [2.05, 4.69) is 22.2 Å². The first kappa shape index (κ1) is 18.4. The van der Waals surface area contributed by atoms with Gasteiger partial charge in [-0.15, -0.1) is 0 Å². The van der Waals surface area contributed by atoms with E-state index in [0.29, 0.717) is 22.8 Å². The van der Waals surface area contributed by atoms with Crippen LogP contribution in [0.5, 0.6) is 0 Å². The Balaban J connectivity index is 1.78. The lowest BCUT2D eigenvalue weighted by atomic mass is 9.78. The molecule has 1 fully saturated rings. The maximum absolute atomic E-state index is 12.9. The van der Waals surface area contributed by atoms with Crippen LogP contribution < -0.4 is 5.32 Å². The maximum Gasteiger partial charge on any atom is 0.416 e. The fourth-order valence-electron chi connectivity index (χ4n) is 3.24. The quantitative estimate of drug-likeness (QED) is 0.725. The lowest BCUT2D eigenvalue weighted by molar-refractivity contribution is -0.137. The summed E-state index contributed by atoms with van der Waals surface area (Å²) >= 11 is 0. The van der Waals surface area contributed by atoms with Gasteiger partial charge in [0.15, 0.2) is 0 Å². The highest BCUT2D eigenvalue weighted by atomic mass is 19.4. The summed E-state index contributed by atoms with van der Waals surface area (Å²) in [7, 11) is 0. The van der Waals surface area contributed by atoms with Crippen molar-refractivity contribution in [1.82, 2.24) is 15.3 Å². The Morgan fingerprint density at radius 3 is 2.73 bits per heavy atom. The van der Waals surface area contributed by atoms with Crippen LogP contribution in [0, 0.1) is 11.3 Å². The van der Waals surface area contributed by atoms with Crippen molar-refractivity contribution in [2.24, 2.45) is 5.92 Å². The van der Waals surface area contributed by atoms with Gasteiger partial charge in [-0.1, -0.05) is 19.8 Å². The summed E-state index contributed by atoms with van der Waals surface area (Å²) in [6.07, 6.45) is 4.54. The summed E-state index contributed by atoms with van der Waals surface area (Å²) in [5, 5.41) is 10.9. The van der Waals surface area contributed by atoms with Crippen molar-refractivity contribution < 1.29 is 13.2 Å². The maximum atomic E-state index is 12.9. The van der Waals surface area contributed by atoms with Gasteiger partial charge in [-0.3, -0.25) is 4.98 Å². The summed E-state index contributed by atoms with van der Waals surface area (Å²) in [5.41, 5.74) is 0.670. The van der Waals surface area contributed by atoms with E-state index in [-0.39, 0.29) is 5.52 Å². The molecule has 0 spiro atoms. The van der Waals surface area contributed by atoms with Crippen molar-refractivity contribution in [3.05, 3.63) is 41.9 Å². The zero-order valence-corrected chi connectivity index (χ0v) is 14.5. The first-order chi connectivity index (χ1) is 12.4. The smallest absolute Gasteiger partial charge is 0.388 e. The third-order valence-corrected chi connectivity index (χ3v) is 4.73. The van der Waals surface area contributed by atoms with E-state index in [9.17, 15) is 13.2 Å². The second-order valence-corrected chi connectivity index (χ2v) is 6.69. The average Bonchev–Trinajstić information content (AvgIpc) is 2.58. The van der Waals surface area contributed by atoms with Crippen molar-refractivity contribution in [2.45, 2.75) is 44.8 Å². The Bertz CT molecular complexity index is 823. The van der Waals surface area contributed by atoms with E-state index in [1.54, 1.807) is 6.20 Å². The molecule has 138 valence electrons. The fraction of sp³-hybridized carbons (Fsp3) is 0.421. The van der Waals surface area contributed by atoms with Crippen LogP contribution in [0.1, 0.15) is 43.9 Å². The SMILES string of the molecule is CCCC1CC(N/C=C(\C=N)c2cnc3ccc(C(F)(F)F)cc3n2)C1. The fourth-order valence-corrected chi connectivity index (χ4v) is 3.24. The van der Waals surface area contributed by atoms with E-state index in [0.717, 1.165) is 37.1 Å². The van der Waals surface area contributed by atoms with Crippen LogP contribution in [-0.4, -0.2) is 22.2 Å². The topological polar surface area (TPSA) is 61.7 Å². The molecule has 0 atom stereocenters. The molecule has 0 radical (unpaired) electrons. The van der Waals surface area contributed by atoms with Gasteiger partial charge in [0, 0.05) is 24.0 Å². The number of benzene rings is 1. The number of rotatable bonds is 6. The van der Waals surface area contributed by atoms with Crippen LogP contribution >= 0.6 is 0 Å². The molecule has 1 aliphatic rings. The standard InChI is InChI=1S/C19H21F3N4/c1-2-3-12-6-15(7-12)24-10-13(9-23)18-11-25-16-5-4-14(19(20,21)22)8-17(16)26-18/h4-5,8-12,15,23-24H,2-3,6-7H2,1H3/b13-10+,23-9?. The molecule has 0 saturated heterocycles. The molecule has 2 aromatic rings. The second kappa shape index (κ2) is 7.43. The van der Waals surface area contributed by atoms with E-state index < -0.39 is 11.7 Å². The van der Waals surface area contributed by atoms with Crippen LogP contribution in [0.25, 0.3) is 16.6 Å². The van der Waals surface area contributed by atoms with Gasteiger partial charge < -0.3 is 10.7 Å².